The summed E-state index contributed by atoms with van der Waals surface area (Å²) < 4.78 is 15.2. The summed E-state index contributed by atoms with van der Waals surface area (Å²) in [6.07, 6.45) is 1.33. The SMILES string of the molecule is COCCOCCOc1nccc(C(=O)O)c1Cl. The van der Waals surface area contributed by atoms with Gasteiger partial charge in [0, 0.05) is 13.3 Å². The third-order valence-corrected chi connectivity index (χ3v) is 2.35. The Morgan fingerprint density at radius 3 is 2.78 bits per heavy atom. The molecule has 0 fully saturated rings. The van der Waals surface area contributed by atoms with Crippen LogP contribution in [0.15, 0.2) is 12.3 Å². The average Bonchev–Trinajstić information content (AvgIpc) is 2.35. The molecular weight excluding hydrogens is 262 g/mol. The Kier molecular flexibility index (Phi) is 6.42. The highest BCUT2D eigenvalue weighted by atomic mass is 35.5. The number of methoxy groups -OCH3 is 1. The van der Waals surface area contributed by atoms with Crippen molar-refractivity contribution in [3.8, 4) is 5.88 Å². The molecule has 0 saturated carbocycles. The van der Waals surface area contributed by atoms with Gasteiger partial charge < -0.3 is 19.3 Å². The molecule has 0 aliphatic heterocycles. The second kappa shape index (κ2) is 7.86. The van der Waals surface area contributed by atoms with E-state index in [0.29, 0.717) is 19.8 Å². The van der Waals surface area contributed by atoms with Crippen LogP contribution in [0.3, 0.4) is 0 Å². The van der Waals surface area contributed by atoms with Crippen LogP contribution in [0.2, 0.25) is 5.02 Å². The number of halogens is 1. The predicted octanol–water partition coefficient (Wildman–Crippen LogP) is 1.47. The molecule has 0 aromatic carbocycles. The Morgan fingerprint density at radius 1 is 1.39 bits per heavy atom. The Hall–Kier alpha value is -1.37. The number of ether oxygens (including phenoxy) is 3. The van der Waals surface area contributed by atoms with Crippen LogP contribution in [0.25, 0.3) is 0 Å². The van der Waals surface area contributed by atoms with Gasteiger partial charge in [-0.15, -0.1) is 0 Å². The maximum atomic E-state index is 10.8. The number of hydrogen-bond acceptors (Lipinski definition) is 5. The van der Waals surface area contributed by atoms with E-state index in [1.807, 2.05) is 0 Å². The number of hydrogen-bond donors (Lipinski definition) is 1. The Labute approximate surface area is 109 Å². The Bertz CT molecular complexity index is 399. The van der Waals surface area contributed by atoms with Crippen molar-refractivity contribution < 1.29 is 24.1 Å². The van der Waals surface area contributed by atoms with Crippen molar-refractivity contribution in [2.24, 2.45) is 0 Å². The molecule has 18 heavy (non-hydrogen) atoms. The van der Waals surface area contributed by atoms with E-state index in [1.54, 1.807) is 7.11 Å². The topological polar surface area (TPSA) is 77.9 Å². The summed E-state index contributed by atoms with van der Waals surface area (Å²) in [5, 5.41) is 8.84. The molecule has 0 saturated heterocycles. The lowest BCUT2D eigenvalue weighted by molar-refractivity contribution is 0.0536. The van der Waals surface area contributed by atoms with Crippen LogP contribution in [-0.4, -0.2) is 49.6 Å². The lowest BCUT2D eigenvalue weighted by Gasteiger charge is -2.08. The first-order valence-electron chi connectivity index (χ1n) is 5.24. The van der Waals surface area contributed by atoms with E-state index in [2.05, 4.69) is 4.98 Å². The van der Waals surface area contributed by atoms with E-state index in [4.69, 9.17) is 30.9 Å². The lowest BCUT2D eigenvalue weighted by atomic mass is 10.3. The molecule has 0 unspecified atom stereocenters. The van der Waals surface area contributed by atoms with Gasteiger partial charge in [0.05, 0.1) is 25.4 Å². The smallest absolute Gasteiger partial charge is 0.337 e. The van der Waals surface area contributed by atoms with Crippen molar-refractivity contribution in [2.75, 3.05) is 33.5 Å². The van der Waals surface area contributed by atoms with Gasteiger partial charge in [0.2, 0.25) is 5.88 Å². The third-order valence-electron chi connectivity index (χ3n) is 1.99. The van der Waals surface area contributed by atoms with Crippen LogP contribution in [0, 0.1) is 0 Å². The molecule has 1 aromatic rings. The molecular formula is C11H14ClNO5. The number of rotatable bonds is 8. The van der Waals surface area contributed by atoms with Gasteiger partial charge in [-0.25, -0.2) is 9.78 Å². The zero-order valence-electron chi connectivity index (χ0n) is 9.89. The second-order valence-corrected chi connectivity index (χ2v) is 3.61. The molecule has 0 radical (unpaired) electrons. The first kappa shape index (κ1) is 14.7. The molecule has 0 bridgehead atoms. The Balaban J connectivity index is 2.43. The minimum absolute atomic E-state index is 0.0121. The van der Waals surface area contributed by atoms with Crippen LogP contribution < -0.4 is 4.74 Å². The van der Waals surface area contributed by atoms with Gasteiger partial charge in [-0.3, -0.25) is 0 Å². The van der Waals surface area contributed by atoms with Gasteiger partial charge >= 0.3 is 5.97 Å². The zero-order valence-corrected chi connectivity index (χ0v) is 10.6. The maximum Gasteiger partial charge on any atom is 0.337 e. The highest BCUT2D eigenvalue weighted by Crippen LogP contribution is 2.25. The van der Waals surface area contributed by atoms with Crippen molar-refractivity contribution in [3.63, 3.8) is 0 Å². The number of carbonyl (C=O) groups is 1. The van der Waals surface area contributed by atoms with Crippen molar-refractivity contribution in [1.29, 1.82) is 0 Å². The van der Waals surface area contributed by atoms with Gasteiger partial charge in [0.1, 0.15) is 11.6 Å². The van der Waals surface area contributed by atoms with Crippen molar-refractivity contribution in [3.05, 3.63) is 22.8 Å². The summed E-state index contributed by atoms with van der Waals surface area (Å²) >= 11 is 5.84. The highest BCUT2D eigenvalue weighted by Gasteiger charge is 2.13. The molecule has 6 nitrogen and oxygen atoms in total. The predicted molar refractivity (Wildman–Crippen MR) is 64.4 cm³/mol. The fourth-order valence-corrected chi connectivity index (χ4v) is 1.38. The van der Waals surface area contributed by atoms with Crippen LogP contribution in [0.4, 0.5) is 0 Å². The molecule has 100 valence electrons. The van der Waals surface area contributed by atoms with Crippen molar-refractivity contribution in [1.82, 2.24) is 4.98 Å². The van der Waals surface area contributed by atoms with Crippen molar-refractivity contribution >= 4 is 17.6 Å². The average molecular weight is 276 g/mol. The minimum Gasteiger partial charge on any atom is -0.478 e. The number of pyridine rings is 1. The molecule has 0 aliphatic rings. The van der Waals surface area contributed by atoms with E-state index in [-0.39, 0.29) is 23.1 Å². The van der Waals surface area contributed by atoms with Gasteiger partial charge in [-0.05, 0) is 6.07 Å². The molecule has 0 amide bonds. The van der Waals surface area contributed by atoms with Gasteiger partial charge in [0.25, 0.3) is 0 Å². The monoisotopic (exact) mass is 275 g/mol. The summed E-state index contributed by atoms with van der Waals surface area (Å²) in [5.41, 5.74) is -0.0398. The van der Waals surface area contributed by atoms with Gasteiger partial charge in [-0.2, -0.15) is 0 Å². The summed E-state index contributed by atoms with van der Waals surface area (Å²) in [4.78, 5) is 14.7. The standard InChI is InChI=1S/C11H14ClNO5/c1-16-4-5-17-6-7-18-10-9(12)8(11(14)15)2-3-13-10/h2-3H,4-7H2,1H3,(H,14,15). The van der Waals surface area contributed by atoms with E-state index < -0.39 is 5.97 Å². The normalized spacial score (nSPS) is 10.3. The van der Waals surface area contributed by atoms with Gasteiger partial charge in [0.15, 0.2) is 0 Å². The number of carboxylic acids is 1. The lowest BCUT2D eigenvalue weighted by Crippen LogP contribution is -2.11. The van der Waals surface area contributed by atoms with E-state index >= 15 is 0 Å². The van der Waals surface area contributed by atoms with E-state index in [0.717, 1.165) is 0 Å². The summed E-state index contributed by atoms with van der Waals surface area (Å²) in [5.74, 6) is -1.03. The minimum atomic E-state index is -1.12. The van der Waals surface area contributed by atoms with Crippen LogP contribution in [0.5, 0.6) is 5.88 Å². The maximum absolute atomic E-state index is 10.8. The summed E-state index contributed by atoms with van der Waals surface area (Å²) in [6, 6.07) is 1.31. The molecule has 0 spiro atoms. The summed E-state index contributed by atoms with van der Waals surface area (Å²) in [6.45, 7) is 1.56. The first-order chi connectivity index (χ1) is 8.66. The highest BCUT2D eigenvalue weighted by molar-refractivity contribution is 6.34. The Morgan fingerprint density at radius 2 is 2.11 bits per heavy atom. The first-order valence-corrected chi connectivity index (χ1v) is 5.62. The summed E-state index contributed by atoms with van der Waals surface area (Å²) in [7, 11) is 1.58. The fraction of sp³-hybridized carbons (Fsp3) is 0.455. The third kappa shape index (κ3) is 4.48. The molecule has 1 heterocycles. The molecule has 1 N–H and O–H groups in total. The molecule has 1 aromatic heterocycles. The molecule has 1 rings (SSSR count). The largest absolute Gasteiger partial charge is 0.478 e. The van der Waals surface area contributed by atoms with Crippen molar-refractivity contribution in [2.45, 2.75) is 0 Å². The van der Waals surface area contributed by atoms with Gasteiger partial charge in [-0.1, -0.05) is 11.6 Å². The van der Waals surface area contributed by atoms with Crippen LogP contribution in [0.1, 0.15) is 10.4 Å². The van der Waals surface area contributed by atoms with Crippen LogP contribution >= 0.6 is 11.6 Å². The number of aromatic carboxylic acids is 1. The number of carboxylic acid groups (broad SMARTS) is 1. The number of nitrogens with zero attached hydrogens (tertiary/aromatic N) is 1. The molecule has 0 atom stereocenters. The van der Waals surface area contributed by atoms with E-state index in [9.17, 15) is 4.79 Å². The quantitative estimate of drug-likeness (QED) is 0.724. The van der Waals surface area contributed by atoms with Crippen LogP contribution in [-0.2, 0) is 9.47 Å². The number of aromatic nitrogens is 1. The molecule has 0 aliphatic carbocycles. The zero-order chi connectivity index (χ0) is 13.4. The fourth-order valence-electron chi connectivity index (χ4n) is 1.13. The van der Waals surface area contributed by atoms with E-state index in [1.165, 1.54) is 12.3 Å². The second-order valence-electron chi connectivity index (χ2n) is 3.24. The molecule has 7 heteroatoms.